The molecule has 0 bridgehead atoms. The normalized spacial score (nSPS) is 10.3. The van der Waals surface area contributed by atoms with Gasteiger partial charge in [-0.3, -0.25) is 9.59 Å². The molecule has 0 aromatic heterocycles. The molecule has 136 valence electrons. The van der Waals surface area contributed by atoms with Gasteiger partial charge in [0.05, 0.1) is 6.54 Å². The van der Waals surface area contributed by atoms with E-state index in [1.54, 1.807) is 24.3 Å². The molecule has 2 amide bonds. The molecule has 0 spiro atoms. The molecule has 0 saturated carbocycles. The predicted octanol–water partition coefficient (Wildman–Crippen LogP) is 4.05. The highest BCUT2D eigenvalue weighted by Gasteiger charge is 2.08. The minimum absolute atomic E-state index is 0.0765. The van der Waals surface area contributed by atoms with Crippen molar-refractivity contribution in [3.8, 4) is 11.1 Å². The highest BCUT2D eigenvalue weighted by molar-refractivity contribution is 6.30. The van der Waals surface area contributed by atoms with Gasteiger partial charge in [-0.15, -0.1) is 0 Å². The lowest BCUT2D eigenvalue weighted by atomic mass is 10.0. The molecule has 27 heavy (non-hydrogen) atoms. The highest BCUT2D eigenvalue weighted by atomic mass is 35.5. The van der Waals surface area contributed by atoms with Crippen LogP contribution in [0.1, 0.15) is 15.9 Å². The van der Waals surface area contributed by atoms with E-state index in [1.807, 2.05) is 54.6 Å². The first kappa shape index (κ1) is 18.7. The second-order valence-electron chi connectivity index (χ2n) is 6.03. The summed E-state index contributed by atoms with van der Waals surface area (Å²) in [6.07, 6.45) is 0. The van der Waals surface area contributed by atoms with Crippen LogP contribution in [-0.2, 0) is 11.3 Å². The summed E-state index contributed by atoms with van der Waals surface area (Å²) in [4.78, 5) is 24.1. The third-order valence-corrected chi connectivity index (χ3v) is 4.32. The molecule has 3 aromatic carbocycles. The molecule has 3 aromatic rings. The van der Waals surface area contributed by atoms with Crippen LogP contribution in [0.3, 0.4) is 0 Å². The molecular weight excluding hydrogens is 360 g/mol. The summed E-state index contributed by atoms with van der Waals surface area (Å²) in [5.74, 6) is -0.532. The Bertz CT molecular complexity index is 907. The topological polar surface area (TPSA) is 58.2 Å². The quantitative estimate of drug-likeness (QED) is 0.679. The fourth-order valence-corrected chi connectivity index (χ4v) is 2.70. The summed E-state index contributed by atoms with van der Waals surface area (Å²) in [5, 5.41) is 6.04. The van der Waals surface area contributed by atoms with Crippen molar-refractivity contribution in [1.82, 2.24) is 10.6 Å². The summed E-state index contributed by atoms with van der Waals surface area (Å²) in [7, 11) is 0. The molecule has 0 radical (unpaired) electrons. The van der Waals surface area contributed by atoms with Gasteiger partial charge in [0.15, 0.2) is 0 Å². The lowest BCUT2D eigenvalue weighted by Crippen LogP contribution is -2.36. The fourth-order valence-electron chi connectivity index (χ4n) is 2.57. The van der Waals surface area contributed by atoms with E-state index in [2.05, 4.69) is 10.6 Å². The number of benzene rings is 3. The summed E-state index contributed by atoms with van der Waals surface area (Å²) in [5.41, 5.74) is 3.58. The van der Waals surface area contributed by atoms with Crippen molar-refractivity contribution in [2.45, 2.75) is 6.54 Å². The number of carbonyl (C=O) groups excluding carboxylic acids is 2. The van der Waals surface area contributed by atoms with Crippen LogP contribution in [0.2, 0.25) is 5.02 Å². The molecule has 0 aliphatic rings. The van der Waals surface area contributed by atoms with Gasteiger partial charge < -0.3 is 10.6 Å². The first-order valence-corrected chi connectivity index (χ1v) is 8.94. The van der Waals surface area contributed by atoms with E-state index >= 15 is 0 Å². The van der Waals surface area contributed by atoms with Crippen molar-refractivity contribution in [2.75, 3.05) is 6.54 Å². The van der Waals surface area contributed by atoms with Gasteiger partial charge in [0.25, 0.3) is 5.91 Å². The Balaban J connectivity index is 1.48. The monoisotopic (exact) mass is 378 g/mol. The third kappa shape index (κ3) is 5.43. The van der Waals surface area contributed by atoms with E-state index in [1.165, 1.54) is 0 Å². The maximum absolute atomic E-state index is 12.2. The van der Waals surface area contributed by atoms with Crippen LogP contribution >= 0.6 is 11.6 Å². The van der Waals surface area contributed by atoms with Crippen molar-refractivity contribution < 1.29 is 9.59 Å². The van der Waals surface area contributed by atoms with Crippen LogP contribution in [0.5, 0.6) is 0 Å². The summed E-state index contributed by atoms with van der Waals surface area (Å²) >= 11 is 5.83. The molecule has 0 aliphatic heterocycles. The highest BCUT2D eigenvalue weighted by Crippen LogP contribution is 2.19. The lowest BCUT2D eigenvalue weighted by molar-refractivity contribution is -0.120. The summed E-state index contributed by atoms with van der Waals surface area (Å²) in [6.45, 7) is 0.310. The molecule has 3 rings (SSSR count). The van der Waals surface area contributed by atoms with Gasteiger partial charge >= 0.3 is 0 Å². The molecule has 0 saturated heterocycles. The van der Waals surface area contributed by atoms with Gasteiger partial charge in [-0.1, -0.05) is 66.2 Å². The molecule has 5 heteroatoms. The average molecular weight is 379 g/mol. The molecule has 2 N–H and O–H groups in total. The van der Waals surface area contributed by atoms with Gasteiger partial charge in [-0.05, 0) is 41.0 Å². The molecule has 0 atom stereocenters. The Morgan fingerprint density at radius 2 is 1.37 bits per heavy atom. The number of hydrogen-bond donors (Lipinski definition) is 2. The van der Waals surface area contributed by atoms with Gasteiger partial charge in [0, 0.05) is 17.1 Å². The molecule has 4 nitrogen and oxygen atoms in total. The number of amides is 2. The predicted molar refractivity (Wildman–Crippen MR) is 108 cm³/mol. The van der Waals surface area contributed by atoms with Crippen molar-refractivity contribution in [3.63, 3.8) is 0 Å². The third-order valence-electron chi connectivity index (χ3n) is 4.07. The largest absolute Gasteiger partial charge is 0.350 e. The molecule has 0 fully saturated rings. The van der Waals surface area contributed by atoms with Crippen LogP contribution in [0.15, 0.2) is 78.9 Å². The van der Waals surface area contributed by atoms with Crippen LogP contribution in [-0.4, -0.2) is 18.4 Å². The first-order chi connectivity index (χ1) is 13.1. The lowest BCUT2D eigenvalue weighted by Gasteiger charge is -2.08. The average Bonchev–Trinajstić information content (AvgIpc) is 2.72. The zero-order valence-electron chi connectivity index (χ0n) is 14.6. The second-order valence-corrected chi connectivity index (χ2v) is 6.47. The number of nitrogens with one attached hydrogen (secondary N) is 2. The van der Waals surface area contributed by atoms with E-state index in [-0.39, 0.29) is 18.4 Å². The van der Waals surface area contributed by atoms with Crippen molar-refractivity contribution >= 4 is 23.4 Å². The zero-order chi connectivity index (χ0) is 19.1. The number of carbonyl (C=O) groups is 2. The van der Waals surface area contributed by atoms with E-state index in [9.17, 15) is 9.59 Å². The van der Waals surface area contributed by atoms with Crippen molar-refractivity contribution in [3.05, 3.63) is 95.0 Å². The maximum atomic E-state index is 12.2. The minimum Gasteiger partial charge on any atom is -0.350 e. The number of halogens is 1. The smallest absolute Gasteiger partial charge is 0.251 e. The van der Waals surface area contributed by atoms with Crippen molar-refractivity contribution in [2.24, 2.45) is 0 Å². The Kier molecular flexibility index (Phi) is 6.23. The molecular formula is C22H19ClN2O2. The van der Waals surface area contributed by atoms with E-state index < -0.39 is 0 Å². The van der Waals surface area contributed by atoms with Crippen LogP contribution in [0.4, 0.5) is 0 Å². The van der Waals surface area contributed by atoms with Gasteiger partial charge in [0.2, 0.25) is 5.91 Å². The van der Waals surface area contributed by atoms with Crippen LogP contribution < -0.4 is 10.6 Å². The van der Waals surface area contributed by atoms with Gasteiger partial charge in [-0.25, -0.2) is 0 Å². The SMILES string of the molecule is O=C(CNC(=O)c1ccc(-c2ccccc2)cc1)NCc1ccc(Cl)cc1. The van der Waals surface area contributed by atoms with Crippen LogP contribution in [0.25, 0.3) is 11.1 Å². The van der Waals surface area contributed by atoms with E-state index in [0.717, 1.165) is 16.7 Å². The zero-order valence-corrected chi connectivity index (χ0v) is 15.4. The Labute approximate surface area is 163 Å². The Morgan fingerprint density at radius 1 is 0.741 bits per heavy atom. The maximum Gasteiger partial charge on any atom is 0.251 e. The molecule has 0 aliphatic carbocycles. The van der Waals surface area contributed by atoms with E-state index in [0.29, 0.717) is 17.1 Å². The van der Waals surface area contributed by atoms with Crippen LogP contribution in [0, 0.1) is 0 Å². The van der Waals surface area contributed by atoms with Crippen molar-refractivity contribution in [1.29, 1.82) is 0 Å². The fraction of sp³-hybridized carbons (Fsp3) is 0.0909. The second kappa shape index (κ2) is 9.01. The van der Waals surface area contributed by atoms with E-state index in [4.69, 9.17) is 11.6 Å². The molecule has 0 heterocycles. The number of hydrogen-bond acceptors (Lipinski definition) is 2. The Morgan fingerprint density at radius 3 is 2.04 bits per heavy atom. The van der Waals surface area contributed by atoms with Gasteiger partial charge in [0.1, 0.15) is 0 Å². The summed E-state index contributed by atoms with van der Waals surface area (Å²) in [6, 6.07) is 24.4. The van der Waals surface area contributed by atoms with Gasteiger partial charge in [-0.2, -0.15) is 0 Å². The minimum atomic E-state index is -0.281. The first-order valence-electron chi connectivity index (χ1n) is 8.56. The summed E-state index contributed by atoms with van der Waals surface area (Å²) < 4.78 is 0. The molecule has 0 unspecified atom stereocenters. The Hall–Kier alpha value is -3.11. The number of rotatable bonds is 6. The standard InChI is InChI=1S/C22H19ClN2O2/c23-20-12-6-16(7-13-20)14-24-21(26)15-25-22(27)19-10-8-18(9-11-19)17-4-2-1-3-5-17/h1-13H,14-15H2,(H,24,26)(H,25,27).